The summed E-state index contributed by atoms with van der Waals surface area (Å²) in [6, 6.07) is 3.03. The molecule has 1 rings (SSSR count). The molecule has 1 amide bonds. The molecule has 0 aliphatic rings. The number of carboxylic acid groups (broad SMARTS) is 1. The van der Waals surface area contributed by atoms with Gasteiger partial charge in [-0.05, 0) is 32.0 Å². The molecule has 0 radical (unpaired) electrons. The van der Waals surface area contributed by atoms with Crippen molar-refractivity contribution in [1.82, 2.24) is 4.90 Å². The third kappa shape index (κ3) is 5.85. The predicted molar refractivity (Wildman–Crippen MR) is 83.3 cm³/mol. The number of carboxylic acids is 1. The summed E-state index contributed by atoms with van der Waals surface area (Å²) in [6.07, 6.45) is 0.647. The summed E-state index contributed by atoms with van der Waals surface area (Å²) >= 11 is 0. The number of amides is 1. The Bertz CT molecular complexity index is 703. The first-order valence-electron chi connectivity index (χ1n) is 6.81. The number of sulfonamides is 1. The highest BCUT2D eigenvalue weighted by molar-refractivity contribution is 7.92. The zero-order valence-corrected chi connectivity index (χ0v) is 13.9. The Morgan fingerprint density at radius 2 is 1.96 bits per heavy atom. The summed E-state index contributed by atoms with van der Waals surface area (Å²) in [5.74, 6) is -2.35. The molecule has 0 bridgehead atoms. The van der Waals surface area contributed by atoms with E-state index in [0.29, 0.717) is 0 Å². The van der Waals surface area contributed by atoms with Gasteiger partial charge in [0.15, 0.2) is 0 Å². The van der Waals surface area contributed by atoms with Crippen LogP contribution in [0.25, 0.3) is 0 Å². The molecular weight excluding hydrogens is 327 g/mol. The zero-order chi connectivity index (χ0) is 17.8. The molecule has 0 atom stereocenters. The molecule has 0 unspecified atom stereocenters. The maximum absolute atomic E-state index is 13.6. The van der Waals surface area contributed by atoms with Gasteiger partial charge in [-0.2, -0.15) is 0 Å². The highest BCUT2D eigenvalue weighted by atomic mass is 32.2. The van der Waals surface area contributed by atoms with Gasteiger partial charge in [0.25, 0.3) is 5.91 Å². The van der Waals surface area contributed by atoms with Crippen LogP contribution in [0.4, 0.5) is 10.1 Å². The Morgan fingerprint density at radius 3 is 2.43 bits per heavy atom. The minimum atomic E-state index is -3.69. The van der Waals surface area contributed by atoms with Gasteiger partial charge in [0.2, 0.25) is 10.0 Å². The van der Waals surface area contributed by atoms with Crippen molar-refractivity contribution in [1.29, 1.82) is 0 Å². The largest absolute Gasteiger partial charge is 0.481 e. The summed E-state index contributed by atoms with van der Waals surface area (Å²) in [5, 5.41) is 8.74. The van der Waals surface area contributed by atoms with Crippen molar-refractivity contribution in [3.8, 4) is 0 Å². The first-order chi connectivity index (χ1) is 10.5. The van der Waals surface area contributed by atoms with Gasteiger partial charge in [0.1, 0.15) is 5.82 Å². The van der Waals surface area contributed by atoms with Crippen molar-refractivity contribution in [3.63, 3.8) is 0 Å². The normalized spacial score (nSPS) is 11.3. The number of nitrogens with one attached hydrogen (secondary N) is 1. The molecule has 0 saturated carbocycles. The number of aliphatic carboxylic acids is 1. The first-order valence-corrected chi connectivity index (χ1v) is 8.70. The van der Waals surface area contributed by atoms with Crippen LogP contribution in [-0.2, 0) is 14.8 Å². The van der Waals surface area contributed by atoms with Crippen molar-refractivity contribution >= 4 is 27.6 Å². The molecule has 0 aromatic heterocycles. The summed E-state index contributed by atoms with van der Waals surface area (Å²) in [4.78, 5) is 24.5. The molecule has 23 heavy (non-hydrogen) atoms. The van der Waals surface area contributed by atoms with Gasteiger partial charge in [-0.15, -0.1) is 0 Å². The average molecular weight is 346 g/mol. The van der Waals surface area contributed by atoms with Gasteiger partial charge < -0.3 is 10.0 Å². The molecule has 0 spiro atoms. The Labute approximate surface area is 134 Å². The van der Waals surface area contributed by atoms with Crippen molar-refractivity contribution < 1.29 is 27.5 Å². The molecule has 2 N–H and O–H groups in total. The lowest BCUT2D eigenvalue weighted by atomic mass is 10.1. The molecule has 0 fully saturated rings. The van der Waals surface area contributed by atoms with Crippen LogP contribution in [0.15, 0.2) is 18.2 Å². The number of nitrogens with zero attached hydrogens (tertiary/aromatic N) is 1. The molecule has 1 aromatic carbocycles. The third-order valence-electron chi connectivity index (χ3n) is 2.96. The summed E-state index contributed by atoms with van der Waals surface area (Å²) in [5.41, 5.74) is -0.267. The third-order valence-corrected chi connectivity index (χ3v) is 3.55. The highest BCUT2D eigenvalue weighted by Crippen LogP contribution is 2.19. The van der Waals surface area contributed by atoms with E-state index in [1.807, 2.05) is 4.72 Å². The lowest BCUT2D eigenvalue weighted by Gasteiger charge is -2.26. The summed E-state index contributed by atoms with van der Waals surface area (Å²) in [7, 11) is -3.69. The first kappa shape index (κ1) is 18.9. The Balaban J connectivity index is 3.10. The topological polar surface area (TPSA) is 104 Å². The van der Waals surface area contributed by atoms with E-state index in [4.69, 9.17) is 5.11 Å². The van der Waals surface area contributed by atoms with E-state index in [-0.39, 0.29) is 30.3 Å². The van der Waals surface area contributed by atoms with E-state index in [9.17, 15) is 22.4 Å². The Hall–Kier alpha value is -2.16. The smallest absolute Gasteiger partial charge is 0.305 e. The number of benzene rings is 1. The molecule has 0 aliphatic heterocycles. The number of hydrogen-bond donors (Lipinski definition) is 2. The van der Waals surface area contributed by atoms with Crippen molar-refractivity contribution in [2.75, 3.05) is 17.5 Å². The molecule has 0 saturated heterocycles. The number of carbonyl (C=O) groups is 2. The van der Waals surface area contributed by atoms with Gasteiger partial charge in [0, 0.05) is 18.2 Å². The predicted octanol–water partition coefficient (Wildman–Crippen LogP) is 1.52. The number of hydrogen-bond acceptors (Lipinski definition) is 4. The average Bonchev–Trinajstić information content (AvgIpc) is 2.39. The summed E-state index contributed by atoms with van der Waals surface area (Å²) < 4.78 is 38.1. The number of rotatable bonds is 7. The van der Waals surface area contributed by atoms with Crippen LogP contribution in [0.5, 0.6) is 0 Å². The zero-order valence-electron chi connectivity index (χ0n) is 13.0. The SMILES string of the molecule is CC(C)N(CCC(=O)O)C(=O)c1ccc(F)c(NS(C)(=O)=O)c1. The molecule has 0 aliphatic carbocycles. The maximum Gasteiger partial charge on any atom is 0.305 e. The highest BCUT2D eigenvalue weighted by Gasteiger charge is 2.21. The molecular formula is C14H19FN2O5S. The quantitative estimate of drug-likeness (QED) is 0.779. The van der Waals surface area contributed by atoms with Crippen LogP contribution in [-0.4, -0.2) is 49.1 Å². The second-order valence-electron chi connectivity index (χ2n) is 5.30. The van der Waals surface area contributed by atoms with E-state index in [2.05, 4.69) is 0 Å². The Kier molecular flexibility index (Phi) is 6.08. The van der Waals surface area contributed by atoms with Crippen LogP contribution < -0.4 is 4.72 Å². The van der Waals surface area contributed by atoms with Crippen molar-refractivity contribution in [2.24, 2.45) is 0 Å². The molecule has 1 aromatic rings. The minimum absolute atomic E-state index is 0.00194. The van der Waals surface area contributed by atoms with Crippen LogP contribution in [0.2, 0.25) is 0 Å². The molecule has 9 heteroatoms. The molecule has 128 valence electrons. The van der Waals surface area contributed by atoms with E-state index in [1.54, 1.807) is 13.8 Å². The van der Waals surface area contributed by atoms with Gasteiger partial charge in [-0.25, -0.2) is 12.8 Å². The van der Waals surface area contributed by atoms with Crippen molar-refractivity contribution in [2.45, 2.75) is 26.3 Å². The number of halogens is 1. The second-order valence-corrected chi connectivity index (χ2v) is 7.05. The van der Waals surface area contributed by atoms with Crippen LogP contribution in [0.1, 0.15) is 30.6 Å². The minimum Gasteiger partial charge on any atom is -0.481 e. The lowest BCUT2D eigenvalue weighted by Crippen LogP contribution is -2.38. The van der Waals surface area contributed by atoms with Crippen LogP contribution in [0.3, 0.4) is 0 Å². The molecule has 0 heterocycles. The van der Waals surface area contributed by atoms with Crippen molar-refractivity contribution in [3.05, 3.63) is 29.6 Å². The van der Waals surface area contributed by atoms with Gasteiger partial charge in [-0.3, -0.25) is 14.3 Å². The number of carbonyl (C=O) groups excluding carboxylic acids is 1. The second kappa shape index (κ2) is 7.40. The van der Waals surface area contributed by atoms with Crippen LogP contribution >= 0.6 is 0 Å². The fourth-order valence-corrected chi connectivity index (χ4v) is 2.47. The van der Waals surface area contributed by atoms with Gasteiger partial charge in [0.05, 0.1) is 18.4 Å². The standard InChI is InChI=1S/C14H19FN2O5S/c1-9(2)17(7-6-13(18)19)14(20)10-4-5-11(15)12(8-10)16-23(3,21)22/h4-5,8-9,16H,6-7H2,1-3H3,(H,18,19). The maximum atomic E-state index is 13.6. The van der Waals surface area contributed by atoms with Crippen LogP contribution in [0, 0.1) is 5.82 Å². The number of anilines is 1. The van der Waals surface area contributed by atoms with E-state index in [1.165, 1.54) is 11.0 Å². The lowest BCUT2D eigenvalue weighted by molar-refractivity contribution is -0.137. The summed E-state index contributed by atoms with van der Waals surface area (Å²) in [6.45, 7) is 3.44. The Morgan fingerprint density at radius 1 is 1.35 bits per heavy atom. The van der Waals surface area contributed by atoms with Gasteiger partial charge >= 0.3 is 5.97 Å². The fourth-order valence-electron chi connectivity index (χ4n) is 1.91. The van der Waals surface area contributed by atoms with Gasteiger partial charge in [-0.1, -0.05) is 0 Å². The molecule has 7 nitrogen and oxygen atoms in total. The van der Waals surface area contributed by atoms with E-state index in [0.717, 1.165) is 18.4 Å². The fraction of sp³-hybridized carbons (Fsp3) is 0.429. The monoisotopic (exact) mass is 346 g/mol. The van der Waals surface area contributed by atoms with E-state index >= 15 is 0 Å². The van der Waals surface area contributed by atoms with E-state index < -0.39 is 27.7 Å².